The molecule has 0 aliphatic heterocycles. The Bertz CT molecular complexity index is 437. The van der Waals surface area contributed by atoms with E-state index in [0.717, 1.165) is 32.4 Å². The molecule has 0 aliphatic rings. The molecule has 0 fully saturated rings. The fraction of sp³-hybridized carbons (Fsp3) is 0.632. The topological polar surface area (TPSA) is 53.6 Å². The summed E-state index contributed by atoms with van der Waals surface area (Å²) in [5.41, 5.74) is 1.17. The Labute approximate surface area is 146 Å². The van der Waals surface area contributed by atoms with Gasteiger partial charge >= 0.3 is 6.03 Å². The molecule has 0 radical (unpaired) electrons. The lowest BCUT2D eigenvalue weighted by Crippen LogP contribution is -2.37. The number of carbonyl (C=O) groups is 1. The molecule has 0 heterocycles. The zero-order valence-corrected chi connectivity index (χ0v) is 15.4. The van der Waals surface area contributed by atoms with Crippen LogP contribution >= 0.6 is 0 Å². The summed E-state index contributed by atoms with van der Waals surface area (Å²) in [6.07, 6.45) is 2.92. The second-order valence-electron chi connectivity index (χ2n) is 6.36. The molecule has 0 bridgehead atoms. The highest BCUT2D eigenvalue weighted by Gasteiger charge is 2.03. The van der Waals surface area contributed by atoms with Gasteiger partial charge in [-0.25, -0.2) is 4.79 Å². The molecule has 5 nitrogen and oxygen atoms in total. The van der Waals surface area contributed by atoms with Crippen LogP contribution in [-0.2, 0) is 11.3 Å². The van der Waals surface area contributed by atoms with Gasteiger partial charge in [-0.05, 0) is 52.3 Å². The van der Waals surface area contributed by atoms with Gasteiger partial charge in [0, 0.05) is 25.7 Å². The van der Waals surface area contributed by atoms with Gasteiger partial charge in [-0.3, -0.25) is 0 Å². The zero-order valence-electron chi connectivity index (χ0n) is 15.4. The maximum atomic E-state index is 11.6. The first-order chi connectivity index (χ1) is 11.6. The molecule has 0 aliphatic carbocycles. The van der Waals surface area contributed by atoms with Crippen LogP contribution in [0.15, 0.2) is 30.3 Å². The van der Waals surface area contributed by atoms with Crippen molar-refractivity contribution in [2.24, 2.45) is 0 Å². The summed E-state index contributed by atoms with van der Waals surface area (Å²) in [6.45, 7) is 8.08. The smallest absolute Gasteiger partial charge is 0.314 e. The number of unbranched alkanes of at least 4 members (excludes halogenated alkanes) is 1. The van der Waals surface area contributed by atoms with Gasteiger partial charge in [0.05, 0.1) is 6.61 Å². The highest BCUT2D eigenvalue weighted by atomic mass is 16.5. The summed E-state index contributed by atoms with van der Waals surface area (Å²) in [4.78, 5) is 13.9. The molecule has 0 saturated carbocycles. The van der Waals surface area contributed by atoms with Crippen LogP contribution in [0.25, 0.3) is 0 Å². The van der Waals surface area contributed by atoms with E-state index in [9.17, 15) is 4.79 Å². The van der Waals surface area contributed by atoms with Crippen molar-refractivity contribution in [1.29, 1.82) is 0 Å². The number of rotatable bonds is 12. The van der Waals surface area contributed by atoms with Gasteiger partial charge in [-0.2, -0.15) is 0 Å². The zero-order chi connectivity index (χ0) is 17.6. The third kappa shape index (κ3) is 10.2. The molecule has 2 amide bonds. The van der Waals surface area contributed by atoms with E-state index in [1.54, 1.807) is 0 Å². The van der Waals surface area contributed by atoms with Crippen LogP contribution < -0.4 is 10.6 Å². The molecule has 0 unspecified atom stereocenters. The molecule has 1 aromatic carbocycles. The average Bonchev–Trinajstić information content (AvgIpc) is 2.58. The lowest BCUT2D eigenvalue weighted by atomic mass is 10.2. The lowest BCUT2D eigenvalue weighted by Gasteiger charge is -2.20. The van der Waals surface area contributed by atoms with Crippen LogP contribution in [-0.4, -0.2) is 50.3 Å². The summed E-state index contributed by atoms with van der Waals surface area (Å²) < 4.78 is 5.58. The first kappa shape index (κ1) is 20.5. The van der Waals surface area contributed by atoms with Crippen molar-refractivity contribution in [3.8, 4) is 0 Å². The average molecular weight is 335 g/mol. The second-order valence-corrected chi connectivity index (χ2v) is 6.36. The maximum absolute atomic E-state index is 11.6. The van der Waals surface area contributed by atoms with Crippen LogP contribution in [0.2, 0.25) is 0 Å². The van der Waals surface area contributed by atoms with Crippen LogP contribution in [0.5, 0.6) is 0 Å². The van der Waals surface area contributed by atoms with Gasteiger partial charge < -0.3 is 20.3 Å². The third-order valence-corrected chi connectivity index (χ3v) is 3.97. The SMILES string of the molecule is CC(C)N(C)CCCCNC(=O)NCCCOCc1ccccc1. The number of hydrogen-bond donors (Lipinski definition) is 2. The van der Waals surface area contributed by atoms with Gasteiger partial charge in [0.2, 0.25) is 0 Å². The van der Waals surface area contributed by atoms with Gasteiger partial charge in [0.15, 0.2) is 0 Å². The van der Waals surface area contributed by atoms with Crippen molar-refractivity contribution in [3.05, 3.63) is 35.9 Å². The summed E-state index contributed by atoms with van der Waals surface area (Å²) in [6, 6.07) is 10.6. The highest BCUT2D eigenvalue weighted by molar-refractivity contribution is 5.73. The Kier molecular flexibility index (Phi) is 10.9. The number of ether oxygens (including phenoxy) is 1. The second kappa shape index (κ2) is 12.8. The minimum Gasteiger partial charge on any atom is -0.377 e. The Morgan fingerprint density at radius 3 is 2.42 bits per heavy atom. The summed E-state index contributed by atoms with van der Waals surface area (Å²) in [5, 5.41) is 5.75. The van der Waals surface area contributed by atoms with Crippen molar-refractivity contribution < 1.29 is 9.53 Å². The minimum atomic E-state index is -0.0877. The van der Waals surface area contributed by atoms with Crippen molar-refractivity contribution in [2.45, 2.75) is 45.8 Å². The van der Waals surface area contributed by atoms with Crippen LogP contribution in [0.4, 0.5) is 4.79 Å². The molecule has 0 saturated heterocycles. The first-order valence-corrected chi connectivity index (χ1v) is 8.93. The number of nitrogens with one attached hydrogen (secondary N) is 2. The van der Waals surface area contributed by atoms with E-state index >= 15 is 0 Å². The molecule has 1 rings (SSSR count). The fourth-order valence-corrected chi connectivity index (χ4v) is 2.15. The number of urea groups is 1. The Hall–Kier alpha value is -1.59. The van der Waals surface area contributed by atoms with Crippen LogP contribution in [0.1, 0.15) is 38.7 Å². The predicted octanol–water partition coefficient (Wildman–Crippen LogP) is 3.01. The van der Waals surface area contributed by atoms with Gasteiger partial charge in [-0.15, -0.1) is 0 Å². The molecular weight excluding hydrogens is 302 g/mol. The highest BCUT2D eigenvalue weighted by Crippen LogP contribution is 2.00. The third-order valence-electron chi connectivity index (χ3n) is 3.97. The summed E-state index contributed by atoms with van der Waals surface area (Å²) >= 11 is 0. The van der Waals surface area contributed by atoms with Crippen LogP contribution in [0.3, 0.4) is 0 Å². The summed E-state index contributed by atoms with van der Waals surface area (Å²) in [5.74, 6) is 0. The Morgan fingerprint density at radius 1 is 1.08 bits per heavy atom. The first-order valence-electron chi connectivity index (χ1n) is 8.93. The van der Waals surface area contributed by atoms with Gasteiger partial charge in [-0.1, -0.05) is 30.3 Å². The number of benzene rings is 1. The quantitative estimate of drug-likeness (QED) is 0.577. The standard InChI is InChI=1S/C19H33N3O2/c1-17(2)22(3)14-8-7-12-20-19(23)21-13-9-15-24-16-18-10-5-4-6-11-18/h4-6,10-11,17H,7-9,12-16H2,1-3H3,(H2,20,21,23). The number of hydrogen-bond acceptors (Lipinski definition) is 3. The molecule has 24 heavy (non-hydrogen) atoms. The molecular formula is C19H33N3O2. The van der Waals surface area contributed by atoms with E-state index in [1.807, 2.05) is 30.3 Å². The van der Waals surface area contributed by atoms with Crippen molar-refractivity contribution >= 4 is 6.03 Å². The molecule has 0 aromatic heterocycles. The number of amides is 2. The van der Waals surface area contributed by atoms with E-state index in [1.165, 1.54) is 5.56 Å². The monoisotopic (exact) mass is 335 g/mol. The van der Waals surface area contributed by atoms with Crippen LogP contribution in [0, 0.1) is 0 Å². The maximum Gasteiger partial charge on any atom is 0.314 e. The number of carbonyl (C=O) groups excluding carboxylic acids is 1. The largest absolute Gasteiger partial charge is 0.377 e. The fourth-order valence-electron chi connectivity index (χ4n) is 2.15. The molecule has 0 spiro atoms. The normalized spacial score (nSPS) is 11.0. The van der Waals surface area contributed by atoms with Gasteiger partial charge in [0.25, 0.3) is 0 Å². The summed E-state index contributed by atoms with van der Waals surface area (Å²) in [7, 11) is 2.13. The molecule has 136 valence electrons. The van der Waals surface area contributed by atoms with Crippen molar-refractivity contribution in [3.63, 3.8) is 0 Å². The molecule has 0 atom stereocenters. The minimum absolute atomic E-state index is 0.0877. The van der Waals surface area contributed by atoms with Crippen molar-refractivity contribution in [2.75, 3.05) is 33.3 Å². The van der Waals surface area contributed by atoms with E-state index in [-0.39, 0.29) is 6.03 Å². The molecule has 2 N–H and O–H groups in total. The Balaban J connectivity index is 1.89. The Morgan fingerprint density at radius 2 is 1.75 bits per heavy atom. The molecule has 1 aromatic rings. The molecule has 5 heteroatoms. The van der Waals surface area contributed by atoms with E-state index in [0.29, 0.717) is 25.8 Å². The number of nitrogens with zero attached hydrogens (tertiary/aromatic N) is 1. The van der Waals surface area contributed by atoms with Gasteiger partial charge in [0.1, 0.15) is 0 Å². The lowest BCUT2D eigenvalue weighted by molar-refractivity contribution is 0.118. The predicted molar refractivity (Wildman–Crippen MR) is 99.1 cm³/mol. The van der Waals surface area contributed by atoms with Crippen molar-refractivity contribution in [1.82, 2.24) is 15.5 Å². The van der Waals surface area contributed by atoms with E-state index in [4.69, 9.17) is 4.74 Å². The van der Waals surface area contributed by atoms with E-state index in [2.05, 4.69) is 36.4 Å². The van der Waals surface area contributed by atoms with E-state index < -0.39 is 0 Å².